The van der Waals surface area contributed by atoms with Gasteiger partial charge in [-0.2, -0.15) is 13.2 Å². The van der Waals surface area contributed by atoms with Gasteiger partial charge in [-0.25, -0.2) is 4.72 Å². The molecule has 25 heavy (non-hydrogen) atoms. The highest BCUT2D eigenvalue weighted by Gasteiger charge is 2.32. The maximum absolute atomic E-state index is 12.2. The standard InChI is InChI=1S/C19H30F3NOS/c1-14(11-17(2,3)4)16-9-7-15(8-10-16)12-24-13-18(5,6)23-25-19(20,21)22/h7-10,14,23H,11-13H2,1-6H3. The SMILES string of the molecule is CC(CC(C)(C)C)c1ccc(COCC(C)(C)NSC(F)(F)F)cc1. The van der Waals surface area contributed by atoms with Gasteiger partial charge in [-0.3, -0.25) is 0 Å². The average molecular weight is 378 g/mol. The third-order valence-electron chi connectivity index (χ3n) is 3.64. The molecule has 2 nitrogen and oxygen atoms in total. The molecular formula is C19H30F3NOS. The second kappa shape index (κ2) is 8.78. The maximum Gasteiger partial charge on any atom is 0.456 e. The van der Waals surface area contributed by atoms with Gasteiger partial charge in [0.1, 0.15) is 0 Å². The summed E-state index contributed by atoms with van der Waals surface area (Å²) < 4.78 is 44.7. The van der Waals surface area contributed by atoms with E-state index in [9.17, 15) is 13.2 Å². The van der Waals surface area contributed by atoms with E-state index in [4.69, 9.17) is 4.74 Å². The van der Waals surface area contributed by atoms with Crippen LogP contribution in [-0.2, 0) is 11.3 Å². The summed E-state index contributed by atoms with van der Waals surface area (Å²) in [6, 6.07) is 8.27. The lowest BCUT2D eigenvalue weighted by Crippen LogP contribution is -2.40. The fourth-order valence-electron chi connectivity index (χ4n) is 2.63. The van der Waals surface area contributed by atoms with Gasteiger partial charge in [0.25, 0.3) is 0 Å². The molecule has 0 radical (unpaired) electrons. The minimum absolute atomic E-state index is 0.193. The van der Waals surface area contributed by atoms with Crippen LogP contribution in [0.15, 0.2) is 24.3 Å². The Hall–Kier alpha value is -0.720. The molecule has 0 aliphatic heterocycles. The summed E-state index contributed by atoms with van der Waals surface area (Å²) >= 11 is -0.234. The Bertz CT molecular complexity index is 521. The Morgan fingerprint density at radius 1 is 1.04 bits per heavy atom. The van der Waals surface area contributed by atoms with Gasteiger partial charge in [-0.15, -0.1) is 0 Å². The Balaban J connectivity index is 2.46. The zero-order valence-corrected chi connectivity index (χ0v) is 16.8. The summed E-state index contributed by atoms with van der Waals surface area (Å²) in [7, 11) is 0. The number of nitrogens with one attached hydrogen (secondary N) is 1. The van der Waals surface area contributed by atoms with E-state index < -0.39 is 11.0 Å². The van der Waals surface area contributed by atoms with Crippen LogP contribution in [-0.4, -0.2) is 17.7 Å². The Kier molecular flexibility index (Phi) is 7.84. The van der Waals surface area contributed by atoms with Crippen LogP contribution >= 0.6 is 11.9 Å². The summed E-state index contributed by atoms with van der Waals surface area (Å²) in [5.41, 5.74) is -2.46. The van der Waals surface area contributed by atoms with Crippen molar-refractivity contribution in [2.45, 2.75) is 71.5 Å². The third kappa shape index (κ3) is 10.1. The van der Waals surface area contributed by atoms with Crippen molar-refractivity contribution in [1.82, 2.24) is 4.72 Å². The molecule has 0 saturated carbocycles. The quantitative estimate of drug-likeness (QED) is 0.539. The highest BCUT2D eigenvalue weighted by atomic mass is 32.2. The first-order valence-electron chi connectivity index (χ1n) is 8.46. The fourth-order valence-corrected chi connectivity index (χ4v) is 3.08. The summed E-state index contributed by atoms with van der Waals surface area (Å²) in [5.74, 6) is 0.484. The van der Waals surface area contributed by atoms with Gasteiger partial charge < -0.3 is 4.74 Å². The van der Waals surface area contributed by atoms with Gasteiger partial charge in [-0.1, -0.05) is 52.0 Å². The molecule has 0 spiro atoms. The molecule has 0 saturated heterocycles. The normalized spacial score (nSPS) is 14.6. The molecule has 1 unspecified atom stereocenters. The second-order valence-corrected chi connectivity index (χ2v) is 9.31. The molecule has 0 aliphatic carbocycles. The Morgan fingerprint density at radius 2 is 1.60 bits per heavy atom. The lowest BCUT2D eigenvalue weighted by atomic mass is 9.82. The van der Waals surface area contributed by atoms with Crippen LogP contribution in [0.3, 0.4) is 0 Å². The molecule has 0 heterocycles. The summed E-state index contributed by atoms with van der Waals surface area (Å²) in [6.45, 7) is 12.9. The van der Waals surface area contributed by atoms with Crippen LogP contribution < -0.4 is 4.72 Å². The Labute approximate surface area is 154 Å². The molecule has 1 atom stereocenters. The van der Waals surface area contributed by atoms with Crippen molar-refractivity contribution in [3.8, 4) is 0 Å². The molecular weight excluding hydrogens is 347 g/mol. The van der Waals surface area contributed by atoms with E-state index in [1.54, 1.807) is 13.8 Å². The average Bonchev–Trinajstić information content (AvgIpc) is 2.43. The fraction of sp³-hybridized carbons (Fsp3) is 0.684. The molecule has 0 aliphatic rings. The highest BCUT2D eigenvalue weighted by molar-refractivity contribution is 7.98. The van der Waals surface area contributed by atoms with Crippen LogP contribution in [0.25, 0.3) is 0 Å². The number of rotatable bonds is 8. The smallest absolute Gasteiger partial charge is 0.375 e. The maximum atomic E-state index is 12.2. The largest absolute Gasteiger partial charge is 0.456 e. The molecule has 0 aromatic heterocycles. The van der Waals surface area contributed by atoms with Gasteiger partial charge in [0.2, 0.25) is 0 Å². The molecule has 0 bridgehead atoms. The van der Waals surface area contributed by atoms with Crippen LogP contribution in [0, 0.1) is 5.41 Å². The molecule has 1 aromatic rings. The lowest BCUT2D eigenvalue weighted by molar-refractivity contribution is -0.0346. The molecule has 0 amide bonds. The van der Waals surface area contributed by atoms with E-state index in [1.165, 1.54) is 5.56 Å². The molecule has 6 heteroatoms. The number of ether oxygens (including phenoxy) is 1. The monoisotopic (exact) mass is 377 g/mol. The van der Waals surface area contributed by atoms with E-state index in [0.29, 0.717) is 12.5 Å². The summed E-state index contributed by atoms with van der Waals surface area (Å²) in [5, 5.41) is 0. The molecule has 0 fully saturated rings. The van der Waals surface area contributed by atoms with Crippen molar-refractivity contribution in [2.75, 3.05) is 6.61 Å². The van der Waals surface area contributed by atoms with Crippen molar-refractivity contribution in [1.29, 1.82) is 0 Å². The van der Waals surface area contributed by atoms with Gasteiger partial charge >= 0.3 is 5.51 Å². The number of halogens is 3. The predicted octanol–water partition coefficient (Wildman–Crippen LogP) is 6.28. The number of benzene rings is 1. The topological polar surface area (TPSA) is 21.3 Å². The minimum Gasteiger partial charge on any atom is -0.375 e. The summed E-state index contributed by atoms with van der Waals surface area (Å²) in [6.07, 6.45) is 1.11. The molecule has 144 valence electrons. The third-order valence-corrected chi connectivity index (χ3v) is 4.53. The molecule has 1 aromatic carbocycles. The van der Waals surface area contributed by atoms with Crippen molar-refractivity contribution >= 4 is 11.9 Å². The van der Waals surface area contributed by atoms with E-state index in [2.05, 4.69) is 44.5 Å². The van der Waals surface area contributed by atoms with Crippen LogP contribution in [0.5, 0.6) is 0 Å². The zero-order chi connectivity index (χ0) is 19.3. The van der Waals surface area contributed by atoms with Crippen molar-refractivity contribution in [3.63, 3.8) is 0 Å². The lowest BCUT2D eigenvalue weighted by Gasteiger charge is -2.26. The van der Waals surface area contributed by atoms with Gasteiger partial charge in [-0.05, 0) is 42.7 Å². The van der Waals surface area contributed by atoms with Crippen LogP contribution in [0.2, 0.25) is 0 Å². The van der Waals surface area contributed by atoms with Crippen LogP contribution in [0.4, 0.5) is 13.2 Å². The zero-order valence-electron chi connectivity index (χ0n) is 16.0. The number of hydrogen-bond acceptors (Lipinski definition) is 3. The van der Waals surface area contributed by atoms with E-state index in [-0.39, 0.29) is 24.0 Å². The van der Waals surface area contributed by atoms with E-state index in [1.807, 2.05) is 12.1 Å². The first-order chi connectivity index (χ1) is 11.3. The van der Waals surface area contributed by atoms with E-state index in [0.717, 1.165) is 12.0 Å². The minimum atomic E-state index is -4.29. The number of alkyl halides is 3. The van der Waals surface area contributed by atoms with Gasteiger partial charge in [0.15, 0.2) is 0 Å². The molecule has 1 N–H and O–H groups in total. The van der Waals surface area contributed by atoms with Gasteiger partial charge in [0, 0.05) is 17.5 Å². The summed E-state index contributed by atoms with van der Waals surface area (Å²) in [4.78, 5) is 0. The Morgan fingerprint density at radius 3 is 2.08 bits per heavy atom. The van der Waals surface area contributed by atoms with Crippen molar-refractivity contribution in [2.24, 2.45) is 5.41 Å². The molecule has 1 rings (SSSR count). The first kappa shape index (κ1) is 22.3. The van der Waals surface area contributed by atoms with Crippen molar-refractivity contribution in [3.05, 3.63) is 35.4 Å². The van der Waals surface area contributed by atoms with Crippen LogP contribution in [0.1, 0.15) is 65.0 Å². The highest BCUT2D eigenvalue weighted by Crippen LogP contribution is 2.31. The van der Waals surface area contributed by atoms with Gasteiger partial charge in [0.05, 0.1) is 13.2 Å². The van der Waals surface area contributed by atoms with Crippen molar-refractivity contribution < 1.29 is 17.9 Å². The first-order valence-corrected chi connectivity index (χ1v) is 9.28. The van der Waals surface area contributed by atoms with E-state index >= 15 is 0 Å². The second-order valence-electron chi connectivity index (χ2n) is 8.43. The number of hydrogen-bond donors (Lipinski definition) is 1. The predicted molar refractivity (Wildman–Crippen MR) is 99.4 cm³/mol.